The second kappa shape index (κ2) is 9.30. The number of hydrogen-bond donors (Lipinski definition) is 1. The van der Waals surface area contributed by atoms with Crippen LogP contribution in [-0.2, 0) is 28.6 Å². The van der Waals surface area contributed by atoms with Crippen molar-refractivity contribution in [2.75, 3.05) is 6.61 Å². The molecule has 13 heteroatoms. The van der Waals surface area contributed by atoms with E-state index in [9.17, 15) is 40.7 Å². The van der Waals surface area contributed by atoms with E-state index in [2.05, 4.69) is 4.74 Å². The lowest BCUT2D eigenvalue weighted by molar-refractivity contribution is -0.368. The zero-order valence-corrected chi connectivity index (χ0v) is 21.1. The van der Waals surface area contributed by atoms with Crippen molar-refractivity contribution in [1.82, 2.24) is 0 Å². The van der Waals surface area contributed by atoms with Gasteiger partial charge >= 0.3 is 30.3 Å². The summed E-state index contributed by atoms with van der Waals surface area (Å²) in [5, 5.41) is 9.11. The molecule has 4 saturated carbocycles. The smallest absolute Gasteiger partial charge is 0.426 e. The summed E-state index contributed by atoms with van der Waals surface area (Å²) in [7, 11) is 0. The maximum atomic E-state index is 12.8. The maximum absolute atomic E-state index is 12.8. The molecule has 4 bridgehead atoms. The van der Waals surface area contributed by atoms with Crippen LogP contribution in [0.3, 0.4) is 0 Å². The molecular weight excluding hydrogens is 514 g/mol. The van der Waals surface area contributed by atoms with E-state index in [1.165, 1.54) is 0 Å². The van der Waals surface area contributed by atoms with Crippen LogP contribution in [0.5, 0.6) is 0 Å². The summed E-state index contributed by atoms with van der Waals surface area (Å²) in [4.78, 5) is 36.9. The second-order valence-electron chi connectivity index (χ2n) is 11.5. The third kappa shape index (κ3) is 5.42. The Morgan fingerprint density at radius 1 is 0.892 bits per heavy atom. The Morgan fingerprint density at radius 2 is 1.41 bits per heavy atom. The molecule has 4 rings (SSSR count). The number of aliphatic hydroxyl groups is 1. The minimum atomic E-state index is -6.19. The van der Waals surface area contributed by atoms with Gasteiger partial charge in [-0.1, -0.05) is 6.92 Å². The first kappa shape index (κ1) is 29.5. The normalized spacial score (nSPS) is 31.7. The quantitative estimate of drug-likeness (QED) is 0.269. The molecule has 37 heavy (non-hydrogen) atoms. The average Bonchev–Trinajstić information content (AvgIpc) is 2.74. The van der Waals surface area contributed by atoms with Crippen molar-refractivity contribution in [3.05, 3.63) is 0 Å². The molecule has 7 nitrogen and oxygen atoms in total. The van der Waals surface area contributed by atoms with E-state index in [1.54, 1.807) is 20.8 Å². The molecule has 0 heterocycles. The molecule has 0 aliphatic heterocycles. The molecule has 212 valence electrons. The van der Waals surface area contributed by atoms with Gasteiger partial charge in [-0.3, -0.25) is 9.59 Å². The van der Waals surface area contributed by atoms with E-state index < -0.39 is 59.5 Å². The highest BCUT2D eigenvalue weighted by molar-refractivity contribution is 5.77. The van der Waals surface area contributed by atoms with Gasteiger partial charge in [-0.2, -0.15) is 26.3 Å². The van der Waals surface area contributed by atoms with E-state index in [0.29, 0.717) is 38.5 Å². The van der Waals surface area contributed by atoms with Crippen molar-refractivity contribution in [1.29, 1.82) is 0 Å². The largest absolute Gasteiger partial charge is 0.459 e. The van der Waals surface area contributed by atoms with Gasteiger partial charge in [0.05, 0.1) is 11.8 Å². The van der Waals surface area contributed by atoms with Gasteiger partial charge in [-0.25, -0.2) is 4.79 Å². The van der Waals surface area contributed by atoms with E-state index in [-0.39, 0.29) is 23.7 Å². The Balaban J connectivity index is 1.62. The summed E-state index contributed by atoms with van der Waals surface area (Å²) in [5.41, 5.74) is -7.69. The molecule has 0 aromatic rings. The van der Waals surface area contributed by atoms with Crippen molar-refractivity contribution in [2.24, 2.45) is 23.2 Å². The Labute approximate surface area is 210 Å². The van der Waals surface area contributed by atoms with E-state index in [1.807, 2.05) is 6.92 Å². The van der Waals surface area contributed by atoms with Gasteiger partial charge in [0.25, 0.3) is 5.60 Å². The summed E-state index contributed by atoms with van der Waals surface area (Å²) in [6, 6.07) is 0. The minimum Gasteiger partial charge on any atom is -0.459 e. The predicted molar refractivity (Wildman–Crippen MR) is 114 cm³/mol. The van der Waals surface area contributed by atoms with Gasteiger partial charge in [0.2, 0.25) is 0 Å². The second-order valence-corrected chi connectivity index (χ2v) is 11.5. The SMILES string of the molecule is CCC(C)(C)C(=O)OC12CC3CC(C1)C(C)(OC(=O)COC(=O)CC(O)(C(F)(F)F)C(F)(F)F)C(C3)C2. The van der Waals surface area contributed by atoms with Crippen molar-refractivity contribution in [3.8, 4) is 0 Å². The fourth-order valence-corrected chi connectivity index (χ4v) is 5.92. The Bertz CT molecular complexity index is 896. The van der Waals surface area contributed by atoms with Crippen LogP contribution in [0, 0.1) is 23.2 Å². The van der Waals surface area contributed by atoms with Crippen LogP contribution >= 0.6 is 0 Å². The Hall–Kier alpha value is -2.05. The molecule has 0 saturated heterocycles. The number of ether oxygens (including phenoxy) is 3. The molecule has 0 radical (unpaired) electrons. The van der Waals surface area contributed by atoms with Gasteiger partial charge < -0.3 is 19.3 Å². The van der Waals surface area contributed by atoms with Crippen LogP contribution in [0.4, 0.5) is 26.3 Å². The van der Waals surface area contributed by atoms with Crippen LogP contribution in [0.1, 0.15) is 72.6 Å². The molecule has 4 aliphatic rings. The first-order chi connectivity index (χ1) is 16.7. The summed E-state index contributed by atoms with van der Waals surface area (Å²) in [6.07, 6.45) is -11.3. The van der Waals surface area contributed by atoms with Crippen LogP contribution in [0.2, 0.25) is 0 Å². The number of hydrogen-bond acceptors (Lipinski definition) is 7. The molecule has 2 atom stereocenters. The first-order valence-electron chi connectivity index (χ1n) is 12.1. The number of alkyl halides is 6. The van der Waals surface area contributed by atoms with Gasteiger partial charge in [0.1, 0.15) is 11.2 Å². The monoisotopic (exact) mass is 546 g/mol. The van der Waals surface area contributed by atoms with Crippen molar-refractivity contribution < 1.29 is 60.0 Å². The summed E-state index contributed by atoms with van der Waals surface area (Å²) in [6.45, 7) is 5.96. The highest BCUT2D eigenvalue weighted by Crippen LogP contribution is 2.62. The fraction of sp³-hybridized carbons (Fsp3) is 0.875. The third-order valence-corrected chi connectivity index (χ3v) is 8.52. The molecule has 2 unspecified atom stereocenters. The fourth-order valence-electron chi connectivity index (χ4n) is 5.92. The predicted octanol–water partition coefficient (Wildman–Crippen LogP) is 4.64. The molecular formula is C24H32F6O7. The third-order valence-electron chi connectivity index (χ3n) is 8.52. The highest BCUT2D eigenvalue weighted by Gasteiger charge is 2.71. The molecule has 0 aromatic heterocycles. The summed E-state index contributed by atoms with van der Waals surface area (Å²) < 4.78 is 92.6. The van der Waals surface area contributed by atoms with Crippen LogP contribution in [0.25, 0.3) is 0 Å². The highest BCUT2D eigenvalue weighted by atomic mass is 19.4. The minimum absolute atomic E-state index is 0.198. The summed E-state index contributed by atoms with van der Waals surface area (Å²) in [5.74, 6) is -3.65. The van der Waals surface area contributed by atoms with Crippen molar-refractivity contribution in [2.45, 2.75) is 102 Å². The molecule has 4 aliphatic carbocycles. The van der Waals surface area contributed by atoms with E-state index in [4.69, 9.17) is 14.6 Å². The Morgan fingerprint density at radius 3 is 1.86 bits per heavy atom. The van der Waals surface area contributed by atoms with E-state index >= 15 is 0 Å². The lowest BCUT2D eigenvalue weighted by atomic mass is 9.48. The lowest BCUT2D eigenvalue weighted by Gasteiger charge is -2.62. The van der Waals surface area contributed by atoms with Gasteiger partial charge in [-0.15, -0.1) is 0 Å². The van der Waals surface area contributed by atoms with Crippen LogP contribution in [-0.4, -0.2) is 58.8 Å². The van der Waals surface area contributed by atoms with Crippen molar-refractivity contribution in [3.63, 3.8) is 0 Å². The van der Waals surface area contributed by atoms with Gasteiger partial charge in [-0.05, 0) is 65.2 Å². The van der Waals surface area contributed by atoms with Crippen LogP contribution < -0.4 is 0 Å². The molecule has 1 N–H and O–H groups in total. The number of halogens is 6. The zero-order chi connectivity index (χ0) is 28.2. The summed E-state index contributed by atoms with van der Waals surface area (Å²) >= 11 is 0. The maximum Gasteiger partial charge on any atom is 0.426 e. The average molecular weight is 547 g/mol. The Kier molecular flexibility index (Phi) is 7.42. The first-order valence-corrected chi connectivity index (χ1v) is 12.1. The molecule has 0 aromatic carbocycles. The zero-order valence-electron chi connectivity index (χ0n) is 21.1. The standard InChI is InChI=1S/C24H32F6O7/c1-5-19(2,3)18(33)37-21-8-13-6-14(9-21)20(4,15(7-13)10-21)36-17(32)12-35-16(31)11-22(34,23(25,26)27)24(28,29)30/h13-15,34H,5-12H2,1-4H3. The number of carbonyl (C=O) groups excluding carboxylic acids is 3. The number of carbonyl (C=O) groups is 3. The van der Waals surface area contributed by atoms with E-state index in [0.717, 1.165) is 0 Å². The molecule has 0 spiro atoms. The van der Waals surface area contributed by atoms with Gasteiger partial charge in [0.15, 0.2) is 6.61 Å². The number of rotatable bonds is 8. The molecule has 0 amide bonds. The topological polar surface area (TPSA) is 99.1 Å². The van der Waals surface area contributed by atoms with Crippen LogP contribution in [0.15, 0.2) is 0 Å². The lowest BCUT2D eigenvalue weighted by Crippen LogP contribution is -2.65. The number of esters is 3. The van der Waals surface area contributed by atoms with Crippen molar-refractivity contribution >= 4 is 17.9 Å². The van der Waals surface area contributed by atoms with Gasteiger partial charge in [0, 0.05) is 11.8 Å². The molecule has 4 fully saturated rings.